The van der Waals surface area contributed by atoms with Crippen LogP contribution in [0.4, 0.5) is 5.69 Å². The summed E-state index contributed by atoms with van der Waals surface area (Å²) in [6.07, 6.45) is 10.5. The van der Waals surface area contributed by atoms with Gasteiger partial charge >= 0.3 is 0 Å². The average molecular weight is 906 g/mol. The highest BCUT2D eigenvalue weighted by molar-refractivity contribution is 7.98. The molecule has 342 valence electrons. The van der Waals surface area contributed by atoms with Crippen molar-refractivity contribution in [2.24, 2.45) is 22.9 Å². The number of likely N-dealkylation sites (N-methyl/N-ethyl adjacent to an activating group) is 1. The Morgan fingerprint density at radius 1 is 0.954 bits per heavy atom. The number of hydrogen-bond donors (Lipinski definition) is 2. The summed E-state index contributed by atoms with van der Waals surface area (Å²) in [5, 5.41) is 36.1. The zero-order valence-electron chi connectivity index (χ0n) is 36.6. The van der Waals surface area contributed by atoms with E-state index < -0.39 is 22.7 Å². The van der Waals surface area contributed by atoms with Gasteiger partial charge in [-0.2, -0.15) is 0 Å². The number of nitrogens with zero attached hydrogens (tertiary/aromatic N) is 3. The van der Waals surface area contributed by atoms with Gasteiger partial charge in [-0.1, -0.05) is 30.1 Å². The zero-order chi connectivity index (χ0) is 45.5. The minimum Gasteiger partial charge on any atom is -0.459 e. The highest BCUT2D eigenvalue weighted by atomic mass is 32.2. The summed E-state index contributed by atoms with van der Waals surface area (Å²) in [7, 11) is 1.74. The molecule has 0 bridgehead atoms. The van der Waals surface area contributed by atoms with Crippen molar-refractivity contribution in [3.05, 3.63) is 136 Å². The van der Waals surface area contributed by atoms with Gasteiger partial charge in [0, 0.05) is 60.8 Å². The van der Waals surface area contributed by atoms with E-state index in [0.29, 0.717) is 58.4 Å². The molecule has 14 nitrogen and oxygen atoms in total. The molecular weight excluding hydrogens is 851 g/mol. The third kappa shape index (κ3) is 9.60. The summed E-state index contributed by atoms with van der Waals surface area (Å²) in [5.74, 6) is 0.430. The van der Waals surface area contributed by atoms with Gasteiger partial charge in [0.1, 0.15) is 29.9 Å². The number of ether oxygens (including phenoxy) is 5. The fourth-order valence-corrected chi connectivity index (χ4v) is 10.3. The molecule has 0 spiro atoms. The Balaban J connectivity index is 1.28. The maximum Gasteiger partial charge on any atom is 0.269 e. The summed E-state index contributed by atoms with van der Waals surface area (Å²) in [5.41, 5.74) is 3.47. The third-order valence-corrected chi connectivity index (χ3v) is 13.6. The molecule has 6 atom stereocenters. The molecule has 0 aromatic heterocycles. The fraction of sp³-hybridized carbons (Fsp3) is 0.400. The number of unbranched alkanes of at least 4 members (excludes halogenated alkanes) is 2. The van der Waals surface area contributed by atoms with Gasteiger partial charge in [-0.15, -0.1) is 18.3 Å². The molecule has 2 aliphatic heterocycles. The van der Waals surface area contributed by atoms with Crippen LogP contribution < -0.4 is 18.9 Å². The second kappa shape index (κ2) is 20.5. The van der Waals surface area contributed by atoms with Crippen LogP contribution in [0.3, 0.4) is 0 Å². The molecule has 0 saturated heterocycles. The molecule has 2 heterocycles. The number of carbonyl (C=O) groups excluding carboxylic acids is 1. The Morgan fingerprint density at radius 3 is 2.40 bits per heavy atom. The molecule has 15 heteroatoms. The van der Waals surface area contributed by atoms with Crippen LogP contribution in [0.1, 0.15) is 72.3 Å². The van der Waals surface area contributed by atoms with Gasteiger partial charge in [0.15, 0.2) is 11.5 Å². The fourth-order valence-electron chi connectivity index (χ4n) is 9.84. The minimum absolute atomic E-state index is 0.00959. The smallest absolute Gasteiger partial charge is 0.269 e. The molecule has 1 fully saturated rings. The van der Waals surface area contributed by atoms with E-state index >= 15 is 0 Å². The summed E-state index contributed by atoms with van der Waals surface area (Å²) in [6.45, 7) is 4.37. The molecule has 4 aromatic carbocycles. The van der Waals surface area contributed by atoms with Crippen molar-refractivity contribution < 1.29 is 48.5 Å². The topological polar surface area (TPSA) is 172 Å². The Kier molecular flexibility index (Phi) is 14.4. The molecule has 65 heavy (non-hydrogen) atoms. The second-order valence-electron chi connectivity index (χ2n) is 16.7. The normalized spacial score (nSPS) is 23.1. The van der Waals surface area contributed by atoms with Crippen LogP contribution in [-0.2, 0) is 16.2 Å². The third-order valence-electron chi connectivity index (χ3n) is 12.9. The van der Waals surface area contributed by atoms with Crippen LogP contribution >= 0.6 is 11.8 Å². The first-order valence-electron chi connectivity index (χ1n) is 22.1. The lowest BCUT2D eigenvalue weighted by Gasteiger charge is -2.59. The lowest BCUT2D eigenvalue weighted by molar-refractivity contribution is -0.384. The molecule has 2 aliphatic carbocycles. The molecule has 6 unspecified atom stereocenters. The number of allylic oxidation sites excluding steroid dienone is 1. The van der Waals surface area contributed by atoms with Crippen molar-refractivity contribution in [3.63, 3.8) is 0 Å². The molecule has 1 saturated carbocycles. The van der Waals surface area contributed by atoms with Crippen LogP contribution in [0.25, 0.3) is 0 Å². The number of nitro groups is 1. The maximum atomic E-state index is 14.8. The van der Waals surface area contributed by atoms with Gasteiger partial charge in [0.05, 0.1) is 23.2 Å². The summed E-state index contributed by atoms with van der Waals surface area (Å²) in [4.78, 5) is 34.7. The standard InChI is InChI=1S/C50H55N3O11S/c1-4-25-61-50-46(52(2)49(56)34-13-21-44-45(27-34)60-31-59-44)29-42(51-62-30-32-11-14-35(15-12-32)53(57)58)40-26-33(9-5-7-23-54)39(10-6-8-24-55)47(48(40)50)41-28-37(18-22-43(41)64-50)63-36-16-19-38(65-3)20-17-36/h4,11-22,26-28,33,39,46-48,54-55H,1,5-10,23-25,29-31H2,2-3H3. The van der Waals surface area contributed by atoms with Crippen LogP contribution in [0, 0.1) is 27.9 Å². The van der Waals surface area contributed by atoms with Crippen molar-refractivity contribution in [3.8, 4) is 28.7 Å². The number of amides is 1. The lowest BCUT2D eigenvalue weighted by Crippen LogP contribution is -2.69. The van der Waals surface area contributed by atoms with E-state index in [9.17, 15) is 25.1 Å². The highest BCUT2D eigenvalue weighted by Crippen LogP contribution is 2.62. The number of carbonyl (C=O) groups is 1. The first-order chi connectivity index (χ1) is 31.7. The predicted molar refractivity (Wildman–Crippen MR) is 246 cm³/mol. The Morgan fingerprint density at radius 2 is 1.68 bits per heavy atom. The monoisotopic (exact) mass is 905 g/mol. The van der Waals surface area contributed by atoms with Gasteiger partial charge in [0.25, 0.3) is 11.6 Å². The molecule has 1 amide bonds. The summed E-state index contributed by atoms with van der Waals surface area (Å²) in [6, 6.07) is 24.3. The van der Waals surface area contributed by atoms with E-state index in [1.54, 1.807) is 60.1 Å². The predicted octanol–water partition coefficient (Wildman–Crippen LogP) is 9.44. The summed E-state index contributed by atoms with van der Waals surface area (Å²) >= 11 is 1.65. The first-order valence-corrected chi connectivity index (χ1v) is 23.3. The van der Waals surface area contributed by atoms with E-state index in [1.807, 2.05) is 42.7 Å². The van der Waals surface area contributed by atoms with Crippen molar-refractivity contribution in [1.29, 1.82) is 0 Å². The zero-order valence-corrected chi connectivity index (χ0v) is 37.5. The first kappa shape index (κ1) is 45.7. The Bertz CT molecular complexity index is 2410. The van der Waals surface area contributed by atoms with Crippen LogP contribution in [-0.4, -0.2) is 83.4 Å². The van der Waals surface area contributed by atoms with Gasteiger partial charge < -0.3 is 43.6 Å². The van der Waals surface area contributed by atoms with E-state index in [4.69, 9.17) is 33.7 Å². The number of aliphatic hydroxyl groups excluding tert-OH is 2. The Hall–Kier alpha value is -5.87. The number of oxime groups is 1. The Labute approximate surface area is 383 Å². The van der Waals surface area contributed by atoms with E-state index in [0.717, 1.165) is 41.7 Å². The number of nitro benzene ring substituents is 1. The number of rotatable bonds is 20. The van der Waals surface area contributed by atoms with E-state index in [-0.39, 0.29) is 69.0 Å². The van der Waals surface area contributed by atoms with Crippen LogP contribution in [0.15, 0.2) is 119 Å². The van der Waals surface area contributed by atoms with Gasteiger partial charge in [-0.25, -0.2) is 0 Å². The number of fused-ring (bicyclic) bond motifs is 3. The number of hydrogen-bond acceptors (Lipinski definition) is 13. The molecule has 4 aromatic rings. The van der Waals surface area contributed by atoms with Crippen molar-refractivity contribution in [2.45, 2.75) is 74.2 Å². The largest absolute Gasteiger partial charge is 0.459 e. The van der Waals surface area contributed by atoms with Crippen molar-refractivity contribution in [1.82, 2.24) is 4.90 Å². The number of non-ortho nitro benzene ring substituents is 1. The van der Waals surface area contributed by atoms with Gasteiger partial charge in [0.2, 0.25) is 12.6 Å². The quantitative estimate of drug-likeness (QED) is 0.0283. The highest BCUT2D eigenvalue weighted by Gasteiger charge is 2.65. The van der Waals surface area contributed by atoms with Crippen LogP contribution in [0.5, 0.6) is 28.7 Å². The SMILES string of the molecule is C=CCOC12Oc3ccc(Oc4ccc(SC)cc4)cc3C3C(CCCCO)C(CCCCO)C=C(C(=NOCc4ccc([N+](=O)[O-])cc4)CC1N(C)C(=O)c1ccc4c(c1)OCO4)C32. The average Bonchev–Trinajstić information content (AvgIpc) is 3.80. The number of aliphatic hydroxyl groups is 2. The molecule has 8 rings (SSSR count). The molecule has 0 radical (unpaired) electrons. The molecule has 2 N–H and O–H groups in total. The number of benzene rings is 4. The molecule has 4 aliphatic rings. The second-order valence-corrected chi connectivity index (χ2v) is 17.6. The minimum atomic E-state index is -1.46. The van der Waals surface area contributed by atoms with Crippen LogP contribution in [0.2, 0.25) is 0 Å². The lowest BCUT2D eigenvalue weighted by atomic mass is 9.55. The van der Waals surface area contributed by atoms with E-state index in [1.165, 1.54) is 12.1 Å². The maximum absolute atomic E-state index is 14.8. The van der Waals surface area contributed by atoms with Gasteiger partial charge in [-0.3, -0.25) is 14.9 Å². The summed E-state index contributed by atoms with van der Waals surface area (Å²) < 4.78 is 32.1. The van der Waals surface area contributed by atoms with Crippen molar-refractivity contribution in [2.75, 3.05) is 39.9 Å². The number of thioether (sulfide) groups is 1. The van der Waals surface area contributed by atoms with Gasteiger partial charge in [-0.05, 0) is 128 Å². The molecular formula is C50H55N3O11S. The van der Waals surface area contributed by atoms with Crippen molar-refractivity contribution >= 4 is 29.1 Å². The van der Waals surface area contributed by atoms with E-state index in [2.05, 4.69) is 18.7 Å².